The Balaban J connectivity index is 1.35. The van der Waals surface area contributed by atoms with Crippen LogP contribution in [0.1, 0.15) is 46.4 Å². The Morgan fingerprint density at radius 3 is 1.27 bits per heavy atom. The third kappa shape index (κ3) is 16.8. The summed E-state index contributed by atoms with van der Waals surface area (Å²) < 4.78 is 0. The maximum absolute atomic E-state index is 13.3. The summed E-state index contributed by atoms with van der Waals surface area (Å²) in [5.74, 6) is -5.67. The molecular weight excluding hydrogens is 897 g/mol. The summed E-state index contributed by atoms with van der Waals surface area (Å²) in [4.78, 5) is 118. The van der Waals surface area contributed by atoms with Crippen LogP contribution < -0.4 is 66.3 Å². The van der Waals surface area contributed by atoms with Crippen LogP contribution in [0.3, 0.4) is 0 Å². The number of guanidine groups is 2. The first kappa shape index (κ1) is 50.9. The molecule has 350 valence electrons. The maximum atomic E-state index is 13.3. The number of benzene rings is 2. The van der Waals surface area contributed by atoms with Gasteiger partial charge < -0.3 is 66.3 Å². The highest BCUT2D eigenvalue weighted by Gasteiger charge is 2.21. The lowest BCUT2D eigenvalue weighted by molar-refractivity contribution is -0.128. The van der Waals surface area contributed by atoms with Crippen molar-refractivity contribution in [1.29, 1.82) is 0 Å². The zero-order valence-electron chi connectivity index (χ0n) is 35.3. The highest BCUT2D eigenvalue weighted by molar-refractivity contribution is 8.76. The van der Waals surface area contributed by atoms with E-state index in [2.05, 4.69) is 51.9 Å². The van der Waals surface area contributed by atoms with Crippen LogP contribution in [0, 0.1) is 0 Å². The van der Waals surface area contributed by atoms with E-state index < -0.39 is 85.5 Å². The normalized spacial score (nSPS) is 11.6. The number of amides is 8. The number of pyridine rings is 2. The summed E-state index contributed by atoms with van der Waals surface area (Å²) >= 11 is 0. The molecule has 8 amide bonds. The number of aromatic nitrogens is 2. The van der Waals surface area contributed by atoms with Gasteiger partial charge in [0.1, 0.15) is 12.1 Å². The minimum Gasteiger partial charge on any atom is -0.370 e. The van der Waals surface area contributed by atoms with Crippen molar-refractivity contribution < 1.29 is 38.4 Å². The lowest BCUT2D eigenvalue weighted by Crippen LogP contribution is -2.49. The van der Waals surface area contributed by atoms with Crippen LogP contribution in [0.4, 0.5) is 0 Å². The molecule has 4 aromatic rings. The average molecular weight is 947 g/mol. The fourth-order valence-corrected chi connectivity index (χ4v) is 8.20. The maximum Gasteiger partial charge on any atom is 0.251 e. The van der Waals surface area contributed by atoms with Crippen LogP contribution in [-0.4, -0.2) is 120 Å². The average Bonchev–Trinajstić information content (AvgIpc) is 3.28. The second-order valence-corrected chi connectivity index (χ2v) is 16.3. The van der Waals surface area contributed by atoms with Crippen LogP contribution in [-0.2, 0) is 28.8 Å². The molecule has 0 spiro atoms. The van der Waals surface area contributed by atoms with Crippen molar-refractivity contribution in [1.82, 2.24) is 41.9 Å². The summed E-state index contributed by atoms with van der Waals surface area (Å²) in [7, 11) is 2.48. The molecule has 0 aliphatic rings. The zero-order chi connectivity index (χ0) is 48.2. The molecule has 0 saturated carbocycles. The van der Waals surface area contributed by atoms with E-state index in [1.54, 1.807) is 60.9 Å². The van der Waals surface area contributed by atoms with E-state index in [1.165, 1.54) is 21.6 Å². The Bertz CT molecular complexity index is 2350. The summed E-state index contributed by atoms with van der Waals surface area (Å²) in [5, 5.41) is 16.0. The van der Waals surface area contributed by atoms with Crippen LogP contribution >= 0.6 is 21.6 Å². The minimum atomic E-state index is -1.01. The molecule has 0 fully saturated rings. The van der Waals surface area contributed by atoms with Gasteiger partial charge in [0.25, 0.3) is 11.8 Å². The van der Waals surface area contributed by atoms with Gasteiger partial charge in [-0.25, -0.2) is 0 Å². The molecule has 2 unspecified atom stereocenters. The fourth-order valence-electron chi connectivity index (χ4n) is 5.87. The number of nitrogens with one attached hydrogen (secondary N) is 6. The molecule has 4 rings (SSSR count). The summed E-state index contributed by atoms with van der Waals surface area (Å²) in [5.41, 5.74) is 33.5. The first-order valence-corrected chi connectivity index (χ1v) is 22.2. The zero-order valence-corrected chi connectivity index (χ0v) is 37.0. The van der Waals surface area contributed by atoms with Gasteiger partial charge in [0, 0.05) is 57.2 Å². The van der Waals surface area contributed by atoms with Crippen molar-refractivity contribution in [2.45, 2.75) is 47.6 Å². The molecule has 0 aliphatic heterocycles. The number of fused-ring (bicyclic) bond motifs is 2. The third-order valence-corrected chi connectivity index (χ3v) is 11.4. The van der Waals surface area contributed by atoms with Crippen LogP contribution in [0.2, 0.25) is 0 Å². The molecule has 2 atom stereocenters. The first-order chi connectivity index (χ1) is 31.5. The minimum absolute atomic E-state index is 0.114. The van der Waals surface area contributed by atoms with Gasteiger partial charge in [-0.15, -0.1) is 0 Å². The van der Waals surface area contributed by atoms with Crippen molar-refractivity contribution in [2.75, 3.05) is 39.3 Å². The molecule has 2 aromatic heterocycles. The standard InChI is InChI=1S/C40H50N16O8S2/c41-35(61)25(7-3-11-49-39(43)44)55-31(59)19-51-29(57)17-53-37(63)23-13-21-5-1-9-47-33(21)27(15-23)65-66-28-16-24(14-22-6-2-10-48-34(22)28)38(64)54-18-30(58)52-20-32(60)56-26(36(42)62)8-4-12-50-40(45)46/h1-2,5-6,9-10,13-16,25-26H,3-4,7-8,11-12,17-20H2,(H2,41,61)(H2,42,62)(H,51,57)(H,52,58)(H,53,63)(H,54,64)(H,55,59)(H,56,60)(H4,43,44,49)(H4,45,46,50). The smallest absolute Gasteiger partial charge is 0.251 e. The summed E-state index contributed by atoms with van der Waals surface area (Å²) in [6.07, 6.45) is 4.25. The van der Waals surface area contributed by atoms with E-state index in [0.29, 0.717) is 44.4 Å². The van der Waals surface area contributed by atoms with Crippen molar-refractivity contribution in [3.05, 3.63) is 72.1 Å². The van der Waals surface area contributed by atoms with Gasteiger partial charge in [-0.3, -0.25) is 58.3 Å². The van der Waals surface area contributed by atoms with Gasteiger partial charge in [-0.05, 0) is 62.1 Å². The van der Waals surface area contributed by atoms with E-state index in [-0.39, 0.29) is 49.0 Å². The quantitative estimate of drug-likeness (QED) is 0.0139. The summed E-state index contributed by atoms with van der Waals surface area (Å²) in [6.45, 7) is -1.47. The van der Waals surface area contributed by atoms with Crippen molar-refractivity contribution >= 4 is 103 Å². The number of carbonyl (C=O) groups excluding carboxylic acids is 8. The summed E-state index contributed by atoms with van der Waals surface area (Å²) in [6, 6.07) is 11.3. The lowest BCUT2D eigenvalue weighted by atomic mass is 10.1. The highest BCUT2D eigenvalue weighted by atomic mass is 33.1. The second kappa shape index (κ2) is 25.5. The molecule has 2 heterocycles. The topological polar surface area (TPSA) is 415 Å². The monoisotopic (exact) mass is 946 g/mol. The van der Waals surface area contributed by atoms with Gasteiger partial charge in [-0.2, -0.15) is 0 Å². The molecule has 0 bridgehead atoms. The Morgan fingerprint density at radius 1 is 0.530 bits per heavy atom. The fraction of sp³-hybridized carbons (Fsp3) is 0.300. The molecule has 26 heteroatoms. The van der Waals surface area contributed by atoms with E-state index in [1.807, 2.05) is 0 Å². The number of hydrogen-bond acceptors (Lipinski definition) is 14. The number of primary amides is 2. The number of nitrogens with zero attached hydrogens (tertiary/aromatic N) is 4. The Morgan fingerprint density at radius 2 is 0.909 bits per heavy atom. The predicted molar refractivity (Wildman–Crippen MR) is 248 cm³/mol. The first-order valence-electron chi connectivity index (χ1n) is 20.0. The largest absolute Gasteiger partial charge is 0.370 e. The van der Waals surface area contributed by atoms with Crippen LogP contribution in [0.5, 0.6) is 0 Å². The van der Waals surface area contributed by atoms with Gasteiger partial charge in [0.15, 0.2) is 11.9 Å². The van der Waals surface area contributed by atoms with Gasteiger partial charge in [-0.1, -0.05) is 33.7 Å². The lowest BCUT2D eigenvalue weighted by Gasteiger charge is -2.15. The molecule has 24 nitrogen and oxygen atoms in total. The van der Waals surface area contributed by atoms with Gasteiger partial charge >= 0.3 is 0 Å². The van der Waals surface area contributed by atoms with E-state index in [0.717, 1.165) is 0 Å². The molecule has 66 heavy (non-hydrogen) atoms. The van der Waals surface area contributed by atoms with Crippen molar-refractivity contribution in [3.63, 3.8) is 0 Å². The van der Waals surface area contributed by atoms with Crippen molar-refractivity contribution in [2.24, 2.45) is 44.4 Å². The van der Waals surface area contributed by atoms with E-state index in [9.17, 15) is 38.4 Å². The Labute approximate surface area is 384 Å². The van der Waals surface area contributed by atoms with Crippen LogP contribution in [0.15, 0.2) is 80.7 Å². The highest BCUT2D eigenvalue weighted by Crippen LogP contribution is 2.43. The predicted octanol–water partition coefficient (Wildman–Crippen LogP) is -2.68. The van der Waals surface area contributed by atoms with Gasteiger partial charge in [0.05, 0.1) is 37.2 Å². The van der Waals surface area contributed by atoms with Crippen LogP contribution in [0.25, 0.3) is 21.8 Å². The molecule has 0 radical (unpaired) electrons. The number of aliphatic imine (C=N–C) groups is 2. The number of hydrogen-bond donors (Lipinski definition) is 12. The number of rotatable bonds is 25. The third-order valence-electron chi connectivity index (χ3n) is 9.04. The molecule has 18 N–H and O–H groups in total. The molecule has 0 aliphatic carbocycles. The van der Waals surface area contributed by atoms with E-state index >= 15 is 0 Å². The molecule has 0 saturated heterocycles. The molecular formula is C40H50N16O8S2. The van der Waals surface area contributed by atoms with Gasteiger partial charge in [0.2, 0.25) is 35.4 Å². The number of nitrogens with two attached hydrogens (primary N) is 6. The molecule has 2 aromatic carbocycles. The Hall–Kier alpha value is -7.74. The SMILES string of the molecule is NC(=O)C(CCCN=C(N)N)NC(=O)CNC(=O)CNC(=O)c1cc(SSc2cc(C(=O)NCC(=O)NCC(=O)NC(CCCN=C(N)N)C(N)=O)cc3cccnc23)c2ncccc2c1. The number of carbonyl (C=O) groups is 8. The van der Waals surface area contributed by atoms with E-state index in [4.69, 9.17) is 34.4 Å². The second-order valence-electron chi connectivity index (χ2n) is 14.1. The Kier molecular flexibility index (Phi) is 19.7. The van der Waals surface area contributed by atoms with Crippen molar-refractivity contribution in [3.8, 4) is 0 Å².